The highest BCUT2D eigenvalue weighted by atomic mass is 32.1. The molecule has 0 aliphatic heterocycles. The molecule has 0 saturated heterocycles. The second kappa shape index (κ2) is 5.41. The fourth-order valence-corrected chi connectivity index (χ4v) is 2.57. The summed E-state index contributed by atoms with van der Waals surface area (Å²) in [5.41, 5.74) is 0.872. The lowest BCUT2D eigenvalue weighted by Gasteiger charge is -2.16. The van der Waals surface area contributed by atoms with Crippen molar-refractivity contribution in [2.75, 3.05) is 0 Å². The first-order chi connectivity index (χ1) is 9.30. The van der Waals surface area contributed by atoms with E-state index in [0.717, 1.165) is 10.4 Å². The largest absolute Gasteiger partial charge is 0.297 e. The van der Waals surface area contributed by atoms with Crippen molar-refractivity contribution in [1.29, 1.82) is 0 Å². The van der Waals surface area contributed by atoms with E-state index in [1.807, 2.05) is 39.1 Å². The molecule has 20 heavy (non-hydrogen) atoms. The number of thiophene rings is 1. The molecule has 0 bridgehead atoms. The summed E-state index contributed by atoms with van der Waals surface area (Å²) in [4.78, 5) is 13.4. The highest BCUT2D eigenvalue weighted by Crippen LogP contribution is 2.15. The Kier molecular flexibility index (Phi) is 4.01. The lowest BCUT2D eigenvalue weighted by molar-refractivity contribution is 0.529. The second-order valence-electron chi connectivity index (χ2n) is 5.46. The van der Waals surface area contributed by atoms with Crippen LogP contribution in [0.4, 0.5) is 0 Å². The molecule has 106 valence electrons. The molecular formula is C13H16N4OS2. The Labute approximate surface area is 126 Å². The van der Waals surface area contributed by atoms with Gasteiger partial charge in [0.15, 0.2) is 0 Å². The van der Waals surface area contributed by atoms with Gasteiger partial charge in [-0.2, -0.15) is 14.9 Å². The molecule has 0 fully saturated rings. The summed E-state index contributed by atoms with van der Waals surface area (Å²) in [7, 11) is 0. The van der Waals surface area contributed by atoms with E-state index < -0.39 is 0 Å². The zero-order valence-corrected chi connectivity index (χ0v) is 13.4. The smallest absolute Gasteiger partial charge is 0.265 e. The standard InChI is InChI=1S/C13H16N4OS2/c1-8-5-6-20-9(8)7-14-17-11(18)10(13(2,3)4)15-16-12(17)19/h5-7H,1-4H3,(H,16,19)/b14-7+. The molecule has 0 aromatic carbocycles. The van der Waals surface area contributed by atoms with Crippen molar-refractivity contribution in [3.63, 3.8) is 0 Å². The Morgan fingerprint density at radius 2 is 2.20 bits per heavy atom. The molecule has 0 atom stereocenters. The number of aromatic amines is 1. The second-order valence-corrected chi connectivity index (χ2v) is 6.79. The van der Waals surface area contributed by atoms with Crippen LogP contribution in [0.1, 0.15) is 36.9 Å². The highest BCUT2D eigenvalue weighted by molar-refractivity contribution is 7.71. The average molecular weight is 308 g/mol. The van der Waals surface area contributed by atoms with Gasteiger partial charge in [0.05, 0.1) is 11.1 Å². The van der Waals surface area contributed by atoms with Crippen LogP contribution in [0.2, 0.25) is 0 Å². The lowest BCUT2D eigenvalue weighted by atomic mass is 9.93. The molecule has 2 aromatic rings. The molecule has 7 heteroatoms. The van der Waals surface area contributed by atoms with E-state index >= 15 is 0 Å². The predicted octanol–water partition coefficient (Wildman–Crippen LogP) is 2.85. The van der Waals surface area contributed by atoms with Gasteiger partial charge in [0.1, 0.15) is 5.69 Å². The fraction of sp³-hybridized carbons (Fsp3) is 0.385. The summed E-state index contributed by atoms with van der Waals surface area (Å²) >= 11 is 6.65. The molecule has 0 unspecified atom stereocenters. The van der Waals surface area contributed by atoms with Gasteiger partial charge < -0.3 is 0 Å². The van der Waals surface area contributed by atoms with Crippen LogP contribution in [0.5, 0.6) is 0 Å². The summed E-state index contributed by atoms with van der Waals surface area (Å²) in [5.74, 6) is 0. The number of nitrogens with zero attached hydrogens (tertiary/aromatic N) is 3. The van der Waals surface area contributed by atoms with Gasteiger partial charge in [0, 0.05) is 5.41 Å². The molecule has 2 aromatic heterocycles. The van der Waals surface area contributed by atoms with Crippen LogP contribution in [-0.2, 0) is 5.41 Å². The maximum Gasteiger partial charge on any atom is 0.297 e. The van der Waals surface area contributed by atoms with E-state index in [2.05, 4.69) is 15.3 Å². The summed E-state index contributed by atoms with van der Waals surface area (Å²) in [6.45, 7) is 7.76. The maximum atomic E-state index is 12.4. The first-order valence-electron chi connectivity index (χ1n) is 6.11. The maximum absolute atomic E-state index is 12.4. The van der Waals surface area contributed by atoms with Gasteiger partial charge in [0.2, 0.25) is 4.77 Å². The molecular weight excluding hydrogens is 292 g/mol. The molecule has 0 radical (unpaired) electrons. The third-order valence-electron chi connectivity index (χ3n) is 2.75. The third-order valence-corrected chi connectivity index (χ3v) is 3.97. The first kappa shape index (κ1) is 14.8. The molecule has 0 saturated carbocycles. The van der Waals surface area contributed by atoms with Crippen LogP contribution in [-0.4, -0.2) is 21.1 Å². The van der Waals surface area contributed by atoms with E-state index in [1.54, 1.807) is 17.6 Å². The van der Waals surface area contributed by atoms with Gasteiger partial charge in [-0.15, -0.1) is 11.3 Å². The van der Waals surface area contributed by atoms with Gasteiger partial charge in [-0.05, 0) is 36.2 Å². The van der Waals surface area contributed by atoms with Crippen molar-refractivity contribution >= 4 is 29.8 Å². The van der Waals surface area contributed by atoms with E-state index in [1.165, 1.54) is 4.68 Å². The number of nitrogens with one attached hydrogen (secondary N) is 1. The summed E-state index contributed by atoms with van der Waals surface area (Å²) in [5, 5.41) is 12.9. The van der Waals surface area contributed by atoms with Crippen LogP contribution in [0.25, 0.3) is 0 Å². The highest BCUT2D eigenvalue weighted by Gasteiger charge is 2.21. The summed E-state index contributed by atoms with van der Waals surface area (Å²) in [6.07, 6.45) is 1.65. The molecule has 0 amide bonds. The van der Waals surface area contributed by atoms with E-state index in [9.17, 15) is 4.79 Å². The summed E-state index contributed by atoms with van der Waals surface area (Å²) < 4.78 is 1.37. The van der Waals surface area contributed by atoms with Crippen LogP contribution in [0.15, 0.2) is 21.3 Å². The summed E-state index contributed by atoms with van der Waals surface area (Å²) in [6, 6.07) is 2.00. The Hall–Kier alpha value is -1.60. The minimum Gasteiger partial charge on any atom is -0.265 e. The van der Waals surface area contributed by atoms with Gasteiger partial charge in [-0.1, -0.05) is 20.8 Å². The van der Waals surface area contributed by atoms with Gasteiger partial charge in [-0.25, -0.2) is 0 Å². The number of aryl methyl sites for hydroxylation is 1. The van der Waals surface area contributed by atoms with Crippen molar-refractivity contribution in [2.45, 2.75) is 33.1 Å². The monoisotopic (exact) mass is 308 g/mol. The lowest BCUT2D eigenvalue weighted by Crippen LogP contribution is -2.32. The Morgan fingerprint density at radius 3 is 2.75 bits per heavy atom. The topological polar surface area (TPSA) is 63.0 Å². The minimum atomic E-state index is -0.368. The van der Waals surface area contributed by atoms with Crippen molar-refractivity contribution in [2.24, 2.45) is 5.10 Å². The van der Waals surface area contributed by atoms with Gasteiger partial charge in [-0.3, -0.25) is 9.89 Å². The first-order valence-corrected chi connectivity index (χ1v) is 7.40. The van der Waals surface area contributed by atoms with Gasteiger partial charge >= 0.3 is 0 Å². The van der Waals surface area contributed by atoms with Crippen molar-refractivity contribution in [3.05, 3.63) is 42.7 Å². The van der Waals surface area contributed by atoms with Crippen molar-refractivity contribution in [3.8, 4) is 0 Å². The van der Waals surface area contributed by atoms with E-state index in [-0.39, 0.29) is 15.7 Å². The molecule has 2 heterocycles. The number of aromatic nitrogens is 3. The molecule has 0 aliphatic rings. The molecule has 1 N–H and O–H groups in total. The van der Waals surface area contributed by atoms with Gasteiger partial charge in [0.25, 0.3) is 5.56 Å². The fourth-order valence-electron chi connectivity index (χ4n) is 1.61. The minimum absolute atomic E-state index is 0.188. The predicted molar refractivity (Wildman–Crippen MR) is 84.4 cm³/mol. The molecule has 0 spiro atoms. The van der Waals surface area contributed by atoms with E-state index in [4.69, 9.17) is 12.2 Å². The Balaban J connectivity index is 2.53. The SMILES string of the molecule is Cc1ccsc1/C=N/n1c(=S)[nH]nc(C(C)(C)C)c1=O. The Morgan fingerprint density at radius 1 is 1.50 bits per heavy atom. The van der Waals surface area contributed by atoms with Crippen molar-refractivity contribution in [1.82, 2.24) is 14.9 Å². The van der Waals surface area contributed by atoms with E-state index in [0.29, 0.717) is 5.69 Å². The molecule has 5 nitrogen and oxygen atoms in total. The third kappa shape index (κ3) is 2.94. The normalized spacial score (nSPS) is 12.2. The quantitative estimate of drug-likeness (QED) is 0.685. The number of hydrogen-bond acceptors (Lipinski definition) is 5. The van der Waals surface area contributed by atoms with Crippen molar-refractivity contribution < 1.29 is 0 Å². The number of H-pyrrole nitrogens is 1. The number of rotatable bonds is 2. The van der Waals surface area contributed by atoms with Crippen LogP contribution >= 0.6 is 23.6 Å². The number of hydrogen-bond donors (Lipinski definition) is 1. The zero-order valence-electron chi connectivity index (χ0n) is 11.8. The molecule has 0 aliphatic carbocycles. The van der Waals surface area contributed by atoms with Crippen LogP contribution in [0.3, 0.4) is 0 Å². The van der Waals surface area contributed by atoms with Crippen LogP contribution in [0, 0.1) is 11.7 Å². The molecule has 2 rings (SSSR count). The van der Waals surface area contributed by atoms with Crippen LogP contribution < -0.4 is 5.56 Å². The zero-order chi connectivity index (χ0) is 14.9. The Bertz CT molecular complexity index is 762. The average Bonchev–Trinajstić information content (AvgIpc) is 2.73.